The van der Waals surface area contributed by atoms with Crippen molar-refractivity contribution in [3.8, 4) is 5.75 Å². The van der Waals surface area contributed by atoms with Crippen LogP contribution in [0.4, 0.5) is 0 Å². The van der Waals surface area contributed by atoms with Crippen molar-refractivity contribution in [2.75, 3.05) is 13.7 Å². The van der Waals surface area contributed by atoms with Crippen molar-refractivity contribution >= 4 is 5.96 Å². The first-order valence-electron chi connectivity index (χ1n) is 8.53. The number of nitrogens with zero attached hydrogens (tertiary/aromatic N) is 1. The SMILES string of the molecule is CCNC(=NCc1ccccc1OC)NC1CC1c1ccccc1. The number of ether oxygens (including phenoxy) is 1. The Hall–Kier alpha value is -2.49. The summed E-state index contributed by atoms with van der Waals surface area (Å²) in [6, 6.07) is 19.1. The topological polar surface area (TPSA) is 45.7 Å². The lowest BCUT2D eigenvalue weighted by Crippen LogP contribution is -2.39. The molecular formula is C20H25N3O. The maximum Gasteiger partial charge on any atom is 0.191 e. The maximum atomic E-state index is 5.40. The number of hydrogen-bond donors (Lipinski definition) is 2. The summed E-state index contributed by atoms with van der Waals surface area (Å²) in [4.78, 5) is 4.72. The number of benzene rings is 2. The molecule has 24 heavy (non-hydrogen) atoms. The van der Waals surface area contributed by atoms with Gasteiger partial charge in [-0.2, -0.15) is 0 Å². The first kappa shape index (κ1) is 16.4. The molecule has 0 saturated heterocycles. The molecule has 1 aliphatic carbocycles. The van der Waals surface area contributed by atoms with E-state index in [2.05, 4.69) is 54.0 Å². The van der Waals surface area contributed by atoms with Crippen LogP contribution in [0.15, 0.2) is 59.6 Å². The molecule has 2 unspecified atom stereocenters. The molecule has 0 heterocycles. The number of guanidine groups is 1. The van der Waals surface area contributed by atoms with Gasteiger partial charge >= 0.3 is 0 Å². The average Bonchev–Trinajstić information content (AvgIpc) is 3.40. The Labute approximate surface area is 144 Å². The highest BCUT2D eigenvalue weighted by molar-refractivity contribution is 5.80. The fourth-order valence-corrected chi connectivity index (χ4v) is 2.92. The van der Waals surface area contributed by atoms with Crippen LogP contribution in [0.3, 0.4) is 0 Å². The zero-order valence-corrected chi connectivity index (χ0v) is 14.3. The molecule has 3 rings (SSSR count). The summed E-state index contributed by atoms with van der Waals surface area (Å²) in [5.74, 6) is 2.33. The van der Waals surface area contributed by atoms with Gasteiger partial charge < -0.3 is 15.4 Å². The molecule has 1 aliphatic rings. The molecule has 2 N–H and O–H groups in total. The van der Waals surface area contributed by atoms with Gasteiger partial charge in [-0.25, -0.2) is 4.99 Å². The average molecular weight is 323 g/mol. The van der Waals surface area contributed by atoms with Gasteiger partial charge in [0.1, 0.15) is 5.75 Å². The second-order valence-corrected chi connectivity index (χ2v) is 6.01. The first-order valence-corrected chi connectivity index (χ1v) is 8.53. The van der Waals surface area contributed by atoms with Crippen molar-refractivity contribution in [2.45, 2.75) is 31.8 Å². The van der Waals surface area contributed by atoms with Gasteiger partial charge in [-0.15, -0.1) is 0 Å². The number of nitrogens with one attached hydrogen (secondary N) is 2. The van der Waals surface area contributed by atoms with Crippen LogP contribution in [0.2, 0.25) is 0 Å². The van der Waals surface area contributed by atoms with E-state index in [0.29, 0.717) is 18.5 Å². The van der Waals surface area contributed by atoms with Crippen molar-refractivity contribution in [2.24, 2.45) is 4.99 Å². The largest absolute Gasteiger partial charge is 0.496 e. The van der Waals surface area contributed by atoms with Crippen LogP contribution >= 0.6 is 0 Å². The van der Waals surface area contributed by atoms with Crippen molar-refractivity contribution in [1.82, 2.24) is 10.6 Å². The monoisotopic (exact) mass is 323 g/mol. The van der Waals surface area contributed by atoms with Crippen molar-refractivity contribution in [1.29, 1.82) is 0 Å². The molecule has 0 spiro atoms. The summed E-state index contributed by atoms with van der Waals surface area (Å²) in [6.07, 6.45) is 1.16. The lowest BCUT2D eigenvalue weighted by atomic mass is 10.1. The Bertz CT molecular complexity index is 684. The van der Waals surface area contributed by atoms with Crippen molar-refractivity contribution in [3.63, 3.8) is 0 Å². The molecular weight excluding hydrogens is 298 g/mol. The van der Waals surface area contributed by atoms with Gasteiger partial charge in [0, 0.05) is 24.1 Å². The molecule has 0 aromatic heterocycles. The molecule has 0 bridgehead atoms. The summed E-state index contributed by atoms with van der Waals surface area (Å²) >= 11 is 0. The van der Waals surface area contributed by atoms with E-state index >= 15 is 0 Å². The minimum absolute atomic E-state index is 0.461. The van der Waals surface area contributed by atoms with E-state index < -0.39 is 0 Å². The molecule has 0 aliphatic heterocycles. The zero-order valence-electron chi connectivity index (χ0n) is 14.3. The third kappa shape index (κ3) is 4.07. The van der Waals surface area contributed by atoms with E-state index in [4.69, 9.17) is 9.73 Å². The van der Waals surface area contributed by atoms with E-state index in [9.17, 15) is 0 Å². The number of aliphatic imine (C=N–C) groups is 1. The van der Waals surface area contributed by atoms with E-state index in [1.807, 2.05) is 18.2 Å². The minimum Gasteiger partial charge on any atom is -0.496 e. The summed E-state index contributed by atoms with van der Waals surface area (Å²) < 4.78 is 5.40. The van der Waals surface area contributed by atoms with E-state index in [0.717, 1.165) is 30.2 Å². The van der Waals surface area contributed by atoms with Crippen molar-refractivity contribution in [3.05, 3.63) is 65.7 Å². The van der Waals surface area contributed by atoms with Gasteiger partial charge in [-0.3, -0.25) is 0 Å². The number of para-hydroxylation sites is 1. The summed E-state index contributed by atoms with van der Waals surface area (Å²) in [6.45, 7) is 3.53. The molecule has 2 atom stereocenters. The standard InChI is InChI=1S/C20H25N3O/c1-3-21-20(22-14-16-11-7-8-12-19(16)24-2)23-18-13-17(18)15-9-5-4-6-10-15/h4-12,17-18H,3,13-14H2,1-2H3,(H2,21,22,23). The summed E-state index contributed by atoms with van der Waals surface area (Å²) in [5, 5.41) is 6.88. The van der Waals surface area contributed by atoms with Crippen molar-refractivity contribution < 1.29 is 4.74 Å². The first-order chi connectivity index (χ1) is 11.8. The van der Waals surface area contributed by atoms with Gasteiger partial charge in [0.15, 0.2) is 5.96 Å². The van der Waals surface area contributed by atoms with Gasteiger partial charge in [0.2, 0.25) is 0 Å². The van der Waals surface area contributed by atoms with E-state index in [1.165, 1.54) is 5.56 Å². The zero-order chi connectivity index (χ0) is 16.8. The third-order valence-electron chi connectivity index (χ3n) is 4.28. The normalized spacial score (nSPS) is 19.7. The molecule has 126 valence electrons. The number of rotatable bonds is 6. The van der Waals surface area contributed by atoms with Crippen LogP contribution in [-0.4, -0.2) is 25.7 Å². The third-order valence-corrected chi connectivity index (χ3v) is 4.28. The van der Waals surface area contributed by atoms with Gasteiger partial charge in [-0.1, -0.05) is 48.5 Å². The predicted octanol–water partition coefficient (Wildman–Crippen LogP) is 3.31. The van der Waals surface area contributed by atoms with Gasteiger partial charge in [0.05, 0.1) is 13.7 Å². The van der Waals surface area contributed by atoms with Crippen LogP contribution < -0.4 is 15.4 Å². The molecule has 2 aromatic carbocycles. The second kappa shape index (κ2) is 7.86. The second-order valence-electron chi connectivity index (χ2n) is 6.01. The Morgan fingerprint density at radius 2 is 1.88 bits per heavy atom. The van der Waals surface area contributed by atoms with Crippen LogP contribution in [0.1, 0.15) is 30.4 Å². The smallest absolute Gasteiger partial charge is 0.191 e. The lowest BCUT2D eigenvalue weighted by Gasteiger charge is -2.12. The summed E-state index contributed by atoms with van der Waals surface area (Å²) in [7, 11) is 1.70. The Morgan fingerprint density at radius 1 is 1.12 bits per heavy atom. The summed E-state index contributed by atoms with van der Waals surface area (Å²) in [5.41, 5.74) is 2.49. The highest BCUT2D eigenvalue weighted by Gasteiger charge is 2.38. The Kier molecular flexibility index (Phi) is 5.36. The van der Waals surface area contributed by atoms with Crippen LogP contribution in [-0.2, 0) is 6.54 Å². The lowest BCUT2D eigenvalue weighted by molar-refractivity contribution is 0.410. The molecule has 2 aromatic rings. The van der Waals surface area contributed by atoms with E-state index in [1.54, 1.807) is 7.11 Å². The van der Waals surface area contributed by atoms with Crippen LogP contribution in [0.25, 0.3) is 0 Å². The number of methoxy groups -OCH3 is 1. The maximum absolute atomic E-state index is 5.40. The fraction of sp³-hybridized carbons (Fsp3) is 0.350. The fourth-order valence-electron chi connectivity index (χ4n) is 2.92. The molecule has 4 heteroatoms. The highest BCUT2D eigenvalue weighted by atomic mass is 16.5. The van der Waals surface area contributed by atoms with E-state index in [-0.39, 0.29) is 0 Å². The molecule has 1 fully saturated rings. The highest BCUT2D eigenvalue weighted by Crippen LogP contribution is 2.40. The molecule has 1 saturated carbocycles. The predicted molar refractivity (Wildman–Crippen MR) is 98.5 cm³/mol. The Morgan fingerprint density at radius 3 is 2.62 bits per heavy atom. The molecule has 4 nitrogen and oxygen atoms in total. The number of hydrogen-bond acceptors (Lipinski definition) is 2. The minimum atomic E-state index is 0.461. The molecule has 0 amide bonds. The Balaban J connectivity index is 1.63. The van der Waals surface area contributed by atoms with Gasteiger partial charge in [0.25, 0.3) is 0 Å². The van der Waals surface area contributed by atoms with Crippen LogP contribution in [0.5, 0.6) is 5.75 Å². The van der Waals surface area contributed by atoms with Crippen LogP contribution in [0, 0.1) is 0 Å². The molecule has 0 radical (unpaired) electrons. The quantitative estimate of drug-likeness (QED) is 0.633. The van der Waals surface area contributed by atoms with Gasteiger partial charge in [-0.05, 0) is 25.0 Å².